The summed E-state index contributed by atoms with van der Waals surface area (Å²) in [6.07, 6.45) is 3.58. The lowest BCUT2D eigenvalue weighted by Crippen LogP contribution is -1.96. The predicted octanol–water partition coefficient (Wildman–Crippen LogP) is 2.56. The number of rotatable bonds is 2. The van der Waals surface area contributed by atoms with Crippen molar-refractivity contribution in [3.8, 4) is 11.3 Å². The normalized spacial score (nSPS) is 10.9. The second-order valence-electron chi connectivity index (χ2n) is 4.13. The van der Waals surface area contributed by atoms with E-state index >= 15 is 0 Å². The van der Waals surface area contributed by atoms with E-state index in [0.29, 0.717) is 0 Å². The molecule has 0 aromatic carbocycles. The summed E-state index contributed by atoms with van der Waals surface area (Å²) >= 11 is 0. The van der Waals surface area contributed by atoms with Gasteiger partial charge in [0.2, 0.25) is 0 Å². The second kappa shape index (κ2) is 3.73. The SMILES string of the molecule is Cc1c(-c2ccc(C(=O)O)[nH]2)cnc2[nH]ccc12. The molecule has 0 amide bonds. The molecule has 18 heavy (non-hydrogen) atoms. The summed E-state index contributed by atoms with van der Waals surface area (Å²) in [6, 6.07) is 5.27. The molecule has 0 aliphatic carbocycles. The Morgan fingerprint density at radius 3 is 2.89 bits per heavy atom. The van der Waals surface area contributed by atoms with Gasteiger partial charge in [-0.05, 0) is 30.7 Å². The highest BCUT2D eigenvalue weighted by atomic mass is 16.4. The fourth-order valence-electron chi connectivity index (χ4n) is 2.09. The lowest BCUT2D eigenvalue weighted by molar-refractivity contribution is 0.0691. The van der Waals surface area contributed by atoms with Crippen LogP contribution in [0, 0.1) is 6.92 Å². The summed E-state index contributed by atoms with van der Waals surface area (Å²) in [6.45, 7) is 1.99. The van der Waals surface area contributed by atoms with Crippen LogP contribution in [0.1, 0.15) is 16.1 Å². The molecule has 0 fully saturated rings. The van der Waals surface area contributed by atoms with Gasteiger partial charge < -0.3 is 15.1 Å². The van der Waals surface area contributed by atoms with Gasteiger partial charge >= 0.3 is 5.97 Å². The van der Waals surface area contributed by atoms with Crippen molar-refractivity contribution in [1.82, 2.24) is 15.0 Å². The van der Waals surface area contributed by atoms with Crippen molar-refractivity contribution >= 4 is 17.0 Å². The number of nitrogens with one attached hydrogen (secondary N) is 2. The van der Waals surface area contributed by atoms with Gasteiger partial charge in [0.25, 0.3) is 0 Å². The van der Waals surface area contributed by atoms with Gasteiger partial charge in [-0.25, -0.2) is 9.78 Å². The molecule has 0 radical (unpaired) electrons. The number of aromatic carboxylic acids is 1. The number of aromatic amines is 2. The molecule has 90 valence electrons. The summed E-state index contributed by atoms with van der Waals surface area (Å²) in [5.74, 6) is -0.963. The van der Waals surface area contributed by atoms with E-state index in [9.17, 15) is 4.79 Å². The van der Waals surface area contributed by atoms with Crippen LogP contribution in [0.3, 0.4) is 0 Å². The molecule has 0 aliphatic rings. The summed E-state index contributed by atoms with van der Waals surface area (Å²) in [4.78, 5) is 21.1. The molecule has 0 atom stereocenters. The standard InChI is InChI=1S/C13H11N3O2/c1-7-8-4-5-14-12(8)15-6-9(7)10-2-3-11(16-10)13(17)18/h2-6,16H,1H3,(H,14,15)(H,17,18). The molecule has 0 saturated heterocycles. The minimum absolute atomic E-state index is 0.179. The number of carboxylic acid groups (broad SMARTS) is 1. The third-order valence-corrected chi connectivity index (χ3v) is 3.06. The first-order valence-electron chi connectivity index (χ1n) is 5.52. The number of fused-ring (bicyclic) bond motifs is 1. The molecule has 0 bridgehead atoms. The first-order valence-corrected chi connectivity index (χ1v) is 5.52. The van der Waals surface area contributed by atoms with Crippen LogP contribution in [0.25, 0.3) is 22.3 Å². The van der Waals surface area contributed by atoms with Crippen LogP contribution in [0.4, 0.5) is 0 Å². The fourth-order valence-corrected chi connectivity index (χ4v) is 2.09. The number of carboxylic acids is 1. The Kier molecular flexibility index (Phi) is 2.19. The lowest BCUT2D eigenvalue weighted by atomic mass is 10.1. The summed E-state index contributed by atoms with van der Waals surface area (Å²) < 4.78 is 0. The van der Waals surface area contributed by atoms with Crippen molar-refractivity contribution in [2.45, 2.75) is 6.92 Å². The largest absolute Gasteiger partial charge is 0.477 e. The zero-order valence-electron chi connectivity index (χ0n) is 9.69. The topological polar surface area (TPSA) is 81.8 Å². The van der Waals surface area contributed by atoms with Crippen LogP contribution in [-0.2, 0) is 0 Å². The molecule has 3 heterocycles. The van der Waals surface area contributed by atoms with Crippen molar-refractivity contribution in [1.29, 1.82) is 0 Å². The minimum atomic E-state index is -0.963. The molecular weight excluding hydrogens is 230 g/mol. The third kappa shape index (κ3) is 1.48. The molecule has 5 heteroatoms. The van der Waals surface area contributed by atoms with E-state index in [0.717, 1.165) is 27.9 Å². The van der Waals surface area contributed by atoms with Crippen LogP contribution in [-0.4, -0.2) is 26.0 Å². The molecule has 3 N–H and O–H groups in total. The zero-order valence-corrected chi connectivity index (χ0v) is 9.69. The fraction of sp³-hybridized carbons (Fsp3) is 0.0769. The highest BCUT2D eigenvalue weighted by Crippen LogP contribution is 2.27. The molecular formula is C13H11N3O2. The van der Waals surface area contributed by atoms with E-state index in [4.69, 9.17) is 5.11 Å². The Labute approximate surface area is 102 Å². The van der Waals surface area contributed by atoms with Gasteiger partial charge in [-0.1, -0.05) is 0 Å². The average molecular weight is 241 g/mol. The Hall–Kier alpha value is -2.56. The number of pyridine rings is 1. The lowest BCUT2D eigenvalue weighted by Gasteiger charge is -2.04. The van der Waals surface area contributed by atoms with E-state index in [-0.39, 0.29) is 5.69 Å². The van der Waals surface area contributed by atoms with Crippen LogP contribution in [0.2, 0.25) is 0 Å². The van der Waals surface area contributed by atoms with Gasteiger partial charge in [0.1, 0.15) is 11.3 Å². The van der Waals surface area contributed by atoms with Crippen molar-refractivity contribution in [2.24, 2.45) is 0 Å². The van der Waals surface area contributed by atoms with Gasteiger partial charge in [-0.3, -0.25) is 0 Å². The Bertz CT molecular complexity index is 740. The Morgan fingerprint density at radius 1 is 1.33 bits per heavy atom. The van der Waals surface area contributed by atoms with Crippen molar-refractivity contribution in [3.63, 3.8) is 0 Å². The number of hydrogen-bond donors (Lipinski definition) is 3. The maximum Gasteiger partial charge on any atom is 0.352 e. The number of aryl methyl sites for hydroxylation is 1. The van der Waals surface area contributed by atoms with Crippen LogP contribution in [0.15, 0.2) is 30.6 Å². The third-order valence-electron chi connectivity index (χ3n) is 3.06. The highest BCUT2D eigenvalue weighted by molar-refractivity contribution is 5.89. The molecule has 5 nitrogen and oxygen atoms in total. The van der Waals surface area contributed by atoms with Gasteiger partial charge in [0.05, 0.1) is 0 Å². The van der Waals surface area contributed by atoms with E-state index in [1.54, 1.807) is 18.3 Å². The smallest absolute Gasteiger partial charge is 0.352 e. The molecule has 0 unspecified atom stereocenters. The van der Waals surface area contributed by atoms with Crippen LogP contribution < -0.4 is 0 Å². The van der Waals surface area contributed by atoms with Gasteiger partial charge in [-0.15, -0.1) is 0 Å². The minimum Gasteiger partial charge on any atom is -0.477 e. The summed E-state index contributed by atoms with van der Waals surface area (Å²) in [7, 11) is 0. The molecule has 0 spiro atoms. The molecule has 3 aromatic heterocycles. The van der Waals surface area contributed by atoms with E-state index in [1.807, 2.05) is 19.2 Å². The molecule has 0 saturated carbocycles. The highest BCUT2D eigenvalue weighted by Gasteiger charge is 2.11. The van der Waals surface area contributed by atoms with Crippen LogP contribution in [0.5, 0.6) is 0 Å². The van der Waals surface area contributed by atoms with E-state index in [1.165, 1.54) is 0 Å². The number of hydrogen-bond acceptors (Lipinski definition) is 2. The van der Waals surface area contributed by atoms with Gasteiger partial charge in [0.15, 0.2) is 0 Å². The van der Waals surface area contributed by atoms with E-state index in [2.05, 4.69) is 15.0 Å². The molecule has 0 aliphatic heterocycles. The predicted molar refractivity (Wildman–Crippen MR) is 67.6 cm³/mol. The number of H-pyrrole nitrogens is 2. The quantitative estimate of drug-likeness (QED) is 0.644. The van der Waals surface area contributed by atoms with E-state index < -0.39 is 5.97 Å². The second-order valence-corrected chi connectivity index (χ2v) is 4.13. The van der Waals surface area contributed by atoms with Gasteiger partial charge in [0, 0.05) is 29.0 Å². The summed E-state index contributed by atoms with van der Waals surface area (Å²) in [5.41, 5.74) is 3.76. The van der Waals surface area contributed by atoms with Crippen molar-refractivity contribution < 1.29 is 9.90 Å². The first-order chi connectivity index (χ1) is 8.66. The van der Waals surface area contributed by atoms with Crippen LogP contribution >= 0.6 is 0 Å². The van der Waals surface area contributed by atoms with Gasteiger partial charge in [-0.2, -0.15) is 0 Å². The number of carbonyl (C=O) groups is 1. The Morgan fingerprint density at radius 2 is 2.17 bits per heavy atom. The average Bonchev–Trinajstić information content (AvgIpc) is 2.97. The number of aromatic nitrogens is 3. The molecule has 3 rings (SSSR count). The maximum absolute atomic E-state index is 10.8. The number of nitrogens with zero attached hydrogens (tertiary/aromatic N) is 1. The van der Waals surface area contributed by atoms with Crippen molar-refractivity contribution in [2.75, 3.05) is 0 Å². The first kappa shape index (κ1) is 10.6. The maximum atomic E-state index is 10.8. The summed E-state index contributed by atoms with van der Waals surface area (Å²) in [5, 5.41) is 9.94. The zero-order chi connectivity index (χ0) is 12.7. The molecule has 3 aromatic rings. The van der Waals surface area contributed by atoms with Crippen molar-refractivity contribution in [3.05, 3.63) is 41.9 Å². The monoisotopic (exact) mass is 241 g/mol. The Balaban J connectivity index is 2.18.